The zero-order valence-corrected chi connectivity index (χ0v) is 16.0. The first-order chi connectivity index (χ1) is 11.2. The molecule has 6 heteroatoms. The van der Waals surface area contributed by atoms with Gasteiger partial charge in [0.25, 0.3) is 5.91 Å². The Bertz CT molecular complexity index is 635. The van der Waals surface area contributed by atoms with Crippen LogP contribution < -0.4 is 15.4 Å². The van der Waals surface area contributed by atoms with Gasteiger partial charge in [0.05, 0.1) is 5.56 Å². The molecule has 2 rings (SSSR count). The van der Waals surface area contributed by atoms with E-state index in [0.717, 1.165) is 23.0 Å². The molecule has 2 aromatic carbocycles. The summed E-state index contributed by atoms with van der Waals surface area (Å²) in [5, 5.41) is 5.97. The number of carbonyl (C=O) groups is 1. The molecule has 4 nitrogen and oxygen atoms in total. The Labute approximate surface area is 157 Å². The maximum absolute atomic E-state index is 12.3. The first-order valence-electron chi connectivity index (χ1n) is 7.60. The van der Waals surface area contributed by atoms with Gasteiger partial charge >= 0.3 is 0 Å². The summed E-state index contributed by atoms with van der Waals surface area (Å²) in [5.74, 6) is 0.494. The molecule has 24 heavy (non-hydrogen) atoms. The minimum Gasteiger partial charge on any atom is -0.488 e. The van der Waals surface area contributed by atoms with Crippen molar-refractivity contribution < 1.29 is 9.53 Å². The van der Waals surface area contributed by atoms with Crippen molar-refractivity contribution in [2.24, 2.45) is 0 Å². The van der Waals surface area contributed by atoms with Crippen LogP contribution in [0.3, 0.4) is 0 Å². The molecular weight excluding hydrogens is 392 g/mol. The largest absolute Gasteiger partial charge is 0.488 e. The predicted octanol–water partition coefficient (Wildman–Crippen LogP) is 3.79. The molecule has 0 heterocycles. The SMILES string of the molecule is CNCCCNC(=O)c1ccccc1OCc1ccc(Br)cc1.Cl. The fraction of sp³-hybridized carbons (Fsp3) is 0.278. The predicted molar refractivity (Wildman–Crippen MR) is 103 cm³/mol. The second-order valence-electron chi connectivity index (χ2n) is 5.12. The molecule has 0 fully saturated rings. The third-order valence-corrected chi connectivity index (χ3v) is 3.86. The lowest BCUT2D eigenvalue weighted by Crippen LogP contribution is -2.27. The quantitative estimate of drug-likeness (QED) is 0.647. The summed E-state index contributed by atoms with van der Waals surface area (Å²) in [4.78, 5) is 12.3. The van der Waals surface area contributed by atoms with Crippen LogP contribution in [0.15, 0.2) is 53.0 Å². The van der Waals surface area contributed by atoms with Crippen LogP contribution in [0.4, 0.5) is 0 Å². The van der Waals surface area contributed by atoms with Gasteiger partial charge in [0.2, 0.25) is 0 Å². The van der Waals surface area contributed by atoms with Gasteiger partial charge in [-0.1, -0.05) is 40.2 Å². The zero-order chi connectivity index (χ0) is 16.5. The van der Waals surface area contributed by atoms with Gasteiger partial charge in [0.1, 0.15) is 12.4 Å². The lowest BCUT2D eigenvalue weighted by molar-refractivity contribution is 0.0948. The summed E-state index contributed by atoms with van der Waals surface area (Å²) < 4.78 is 6.85. The van der Waals surface area contributed by atoms with Gasteiger partial charge in [0, 0.05) is 11.0 Å². The molecule has 2 aromatic rings. The molecule has 0 atom stereocenters. The highest BCUT2D eigenvalue weighted by atomic mass is 79.9. The van der Waals surface area contributed by atoms with Gasteiger partial charge in [-0.05, 0) is 49.8 Å². The number of amides is 1. The second-order valence-corrected chi connectivity index (χ2v) is 6.04. The number of hydrogen-bond acceptors (Lipinski definition) is 3. The molecule has 0 unspecified atom stereocenters. The summed E-state index contributed by atoms with van der Waals surface area (Å²) in [7, 11) is 1.90. The van der Waals surface area contributed by atoms with Crippen molar-refractivity contribution in [3.8, 4) is 5.75 Å². The van der Waals surface area contributed by atoms with E-state index in [1.54, 1.807) is 6.07 Å². The normalized spacial score (nSPS) is 9.92. The Hall–Kier alpha value is -1.56. The molecule has 1 amide bonds. The summed E-state index contributed by atoms with van der Waals surface area (Å²) in [6.07, 6.45) is 0.893. The highest BCUT2D eigenvalue weighted by Crippen LogP contribution is 2.20. The number of rotatable bonds is 8. The fourth-order valence-electron chi connectivity index (χ4n) is 2.08. The Morgan fingerprint density at radius 2 is 1.79 bits per heavy atom. The summed E-state index contributed by atoms with van der Waals surface area (Å²) in [6, 6.07) is 15.2. The van der Waals surface area contributed by atoms with Crippen molar-refractivity contribution in [3.63, 3.8) is 0 Å². The van der Waals surface area contributed by atoms with Gasteiger partial charge in [-0.3, -0.25) is 4.79 Å². The summed E-state index contributed by atoms with van der Waals surface area (Å²) in [6.45, 7) is 1.94. The number of benzene rings is 2. The molecule has 0 aromatic heterocycles. The van der Waals surface area contributed by atoms with Gasteiger partial charge in [0.15, 0.2) is 0 Å². The maximum atomic E-state index is 12.3. The molecule has 0 aliphatic heterocycles. The lowest BCUT2D eigenvalue weighted by Gasteiger charge is -2.12. The number of para-hydroxylation sites is 1. The molecular formula is C18H22BrClN2O2. The molecule has 0 aliphatic carbocycles. The lowest BCUT2D eigenvalue weighted by atomic mass is 10.2. The van der Waals surface area contributed by atoms with Gasteiger partial charge < -0.3 is 15.4 Å². The number of hydrogen-bond donors (Lipinski definition) is 2. The molecule has 0 bridgehead atoms. The maximum Gasteiger partial charge on any atom is 0.255 e. The van der Waals surface area contributed by atoms with E-state index < -0.39 is 0 Å². The second kappa shape index (κ2) is 11.1. The molecule has 130 valence electrons. The van der Waals surface area contributed by atoms with E-state index in [0.29, 0.717) is 24.5 Å². The smallest absolute Gasteiger partial charge is 0.255 e. The van der Waals surface area contributed by atoms with Crippen molar-refractivity contribution in [3.05, 3.63) is 64.1 Å². The number of ether oxygens (including phenoxy) is 1. The van der Waals surface area contributed by atoms with Gasteiger partial charge in [-0.25, -0.2) is 0 Å². The fourth-order valence-corrected chi connectivity index (χ4v) is 2.35. The van der Waals surface area contributed by atoms with Crippen LogP contribution >= 0.6 is 28.3 Å². The number of carbonyl (C=O) groups excluding carboxylic acids is 1. The first kappa shape index (κ1) is 20.5. The van der Waals surface area contributed by atoms with E-state index in [2.05, 4.69) is 26.6 Å². The van der Waals surface area contributed by atoms with Crippen molar-refractivity contribution in [1.82, 2.24) is 10.6 Å². The topological polar surface area (TPSA) is 50.4 Å². The standard InChI is InChI=1S/C18H21BrN2O2.ClH/c1-20-11-4-12-21-18(22)16-5-2-3-6-17(16)23-13-14-7-9-15(19)10-8-14;/h2-3,5-10,20H,4,11-13H2,1H3,(H,21,22);1H. The third-order valence-electron chi connectivity index (χ3n) is 3.33. The third kappa shape index (κ3) is 6.51. The Morgan fingerprint density at radius 1 is 1.08 bits per heavy atom. The molecule has 2 N–H and O–H groups in total. The van der Waals surface area contributed by atoms with E-state index >= 15 is 0 Å². The van der Waals surface area contributed by atoms with Crippen LogP contribution in [0.2, 0.25) is 0 Å². The van der Waals surface area contributed by atoms with Crippen molar-refractivity contribution >= 4 is 34.2 Å². The molecule has 0 saturated carbocycles. The number of halogens is 2. The summed E-state index contributed by atoms with van der Waals surface area (Å²) in [5.41, 5.74) is 1.62. The van der Waals surface area contributed by atoms with Gasteiger partial charge in [-0.15, -0.1) is 12.4 Å². The van der Waals surface area contributed by atoms with E-state index in [9.17, 15) is 4.79 Å². The van der Waals surface area contributed by atoms with Crippen LogP contribution in [-0.2, 0) is 6.61 Å². The van der Waals surface area contributed by atoms with Crippen LogP contribution in [-0.4, -0.2) is 26.0 Å². The van der Waals surface area contributed by atoms with E-state index in [1.807, 2.05) is 49.5 Å². The van der Waals surface area contributed by atoms with Crippen LogP contribution in [0.1, 0.15) is 22.3 Å². The van der Waals surface area contributed by atoms with E-state index in [-0.39, 0.29) is 18.3 Å². The van der Waals surface area contributed by atoms with Crippen LogP contribution in [0.25, 0.3) is 0 Å². The van der Waals surface area contributed by atoms with Crippen LogP contribution in [0.5, 0.6) is 5.75 Å². The Balaban J connectivity index is 0.00000288. The molecule has 0 radical (unpaired) electrons. The Morgan fingerprint density at radius 3 is 2.50 bits per heavy atom. The highest BCUT2D eigenvalue weighted by molar-refractivity contribution is 9.10. The van der Waals surface area contributed by atoms with Crippen LogP contribution in [0, 0.1) is 0 Å². The molecule has 0 aliphatic rings. The minimum absolute atomic E-state index is 0. The average molecular weight is 414 g/mol. The average Bonchev–Trinajstić information content (AvgIpc) is 2.58. The van der Waals surface area contributed by atoms with Crippen molar-refractivity contribution in [2.75, 3.05) is 20.1 Å². The number of nitrogens with one attached hydrogen (secondary N) is 2. The monoisotopic (exact) mass is 412 g/mol. The van der Waals surface area contributed by atoms with E-state index in [4.69, 9.17) is 4.74 Å². The van der Waals surface area contributed by atoms with Gasteiger partial charge in [-0.2, -0.15) is 0 Å². The Kier molecular flexibility index (Phi) is 9.45. The zero-order valence-electron chi connectivity index (χ0n) is 13.5. The molecule has 0 saturated heterocycles. The first-order valence-corrected chi connectivity index (χ1v) is 8.39. The van der Waals surface area contributed by atoms with E-state index in [1.165, 1.54) is 0 Å². The van der Waals surface area contributed by atoms with Crippen molar-refractivity contribution in [1.29, 1.82) is 0 Å². The minimum atomic E-state index is -0.104. The summed E-state index contributed by atoms with van der Waals surface area (Å²) >= 11 is 3.41. The molecule has 0 spiro atoms. The van der Waals surface area contributed by atoms with Crippen molar-refractivity contribution in [2.45, 2.75) is 13.0 Å². The highest BCUT2D eigenvalue weighted by Gasteiger charge is 2.11.